The average molecular weight is 197 g/mol. The van der Waals surface area contributed by atoms with Crippen LogP contribution in [0, 0.1) is 12.7 Å². The summed E-state index contributed by atoms with van der Waals surface area (Å²) in [4.78, 5) is 10.8. The zero-order valence-electron chi connectivity index (χ0n) is 7.83. The van der Waals surface area contributed by atoms with Gasteiger partial charge in [0.2, 0.25) is 0 Å². The second kappa shape index (κ2) is 4.19. The van der Waals surface area contributed by atoms with Gasteiger partial charge in [0.25, 0.3) is 0 Å². The van der Waals surface area contributed by atoms with Crippen molar-refractivity contribution in [1.82, 2.24) is 0 Å². The largest absolute Gasteiger partial charge is 0.481 e. The molecule has 0 aromatic heterocycles. The fraction of sp³-hybridized carbons (Fsp3) is 0.300. The topological polar surface area (TPSA) is 63.3 Å². The predicted octanol–water partition coefficient (Wildman–Crippen LogP) is 1.26. The van der Waals surface area contributed by atoms with E-state index in [9.17, 15) is 9.18 Å². The Hall–Kier alpha value is -1.42. The van der Waals surface area contributed by atoms with Crippen molar-refractivity contribution in [2.24, 2.45) is 5.73 Å². The van der Waals surface area contributed by atoms with Crippen LogP contribution in [0.15, 0.2) is 18.2 Å². The first-order chi connectivity index (χ1) is 6.56. The summed E-state index contributed by atoms with van der Waals surface area (Å²) in [6.07, 6.45) is 0. The van der Waals surface area contributed by atoms with E-state index >= 15 is 0 Å². The second-order valence-electron chi connectivity index (χ2n) is 3.14. The van der Waals surface area contributed by atoms with Gasteiger partial charge in [0, 0.05) is 6.54 Å². The van der Waals surface area contributed by atoms with Crippen LogP contribution in [0.1, 0.15) is 17.0 Å². The molecule has 0 aliphatic rings. The number of hydrogen-bond donors (Lipinski definition) is 2. The molecule has 1 atom stereocenters. The van der Waals surface area contributed by atoms with Crippen molar-refractivity contribution in [1.29, 1.82) is 0 Å². The fourth-order valence-electron chi connectivity index (χ4n) is 1.26. The quantitative estimate of drug-likeness (QED) is 0.766. The number of benzene rings is 1. The number of nitrogens with two attached hydrogens (primary N) is 1. The van der Waals surface area contributed by atoms with Crippen molar-refractivity contribution in [2.45, 2.75) is 12.8 Å². The Labute approximate surface area is 81.4 Å². The zero-order valence-corrected chi connectivity index (χ0v) is 7.83. The Balaban J connectivity index is 3.06. The van der Waals surface area contributed by atoms with Gasteiger partial charge >= 0.3 is 5.97 Å². The third-order valence-electron chi connectivity index (χ3n) is 2.12. The molecule has 0 fully saturated rings. The van der Waals surface area contributed by atoms with E-state index in [2.05, 4.69) is 0 Å². The molecule has 1 aromatic carbocycles. The van der Waals surface area contributed by atoms with Crippen molar-refractivity contribution >= 4 is 5.97 Å². The molecule has 1 rings (SSSR count). The predicted molar refractivity (Wildman–Crippen MR) is 50.6 cm³/mol. The standard InChI is InChI=1S/C10H12FNO2/c1-6-4-7(2-3-9(6)11)8(5-12)10(13)14/h2-4,8H,5,12H2,1H3,(H,13,14). The van der Waals surface area contributed by atoms with Gasteiger partial charge in [0.1, 0.15) is 5.82 Å². The molecule has 0 saturated heterocycles. The van der Waals surface area contributed by atoms with Gasteiger partial charge in [0.05, 0.1) is 5.92 Å². The molecule has 0 saturated carbocycles. The molecule has 14 heavy (non-hydrogen) atoms. The van der Waals surface area contributed by atoms with Crippen molar-refractivity contribution in [3.63, 3.8) is 0 Å². The van der Waals surface area contributed by atoms with Crippen LogP contribution in [0.3, 0.4) is 0 Å². The van der Waals surface area contributed by atoms with Crippen LogP contribution in [-0.2, 0) is 4.79 Å². The molecule has 1 unspecified atom stereocenters. The van der Waals surface area contributed by atoms with E-state index < -0.39 is 11.9 Å². The summed E-state index contributed by atoms with van der Waals surface area (Å²) in [5.74, 6) is -2.08. The monoisotopic (exact) mass is 197 g/mol. The maximum atomic E-state index is 12.9. The Morgan fingerprint density at radius 2 is 2.29 bits per heavy atom. The third-order valence-corrected chi connectivity index (χ3v) is 2.12. The van der Waals surface area contributed by atoms with Crippen molar-refractivity contribution < 1.29 is 14.3 Å². The van der Waals surface area contributed by atoms with Crippen LogP contribution in [0.5, 0.6) is 0 Å². The van der Waals surface area contributed by atoms with Gasteiger partial charge in [0.15, 0.2) is 0 Å². The molecule has 0 aliphatic carbocycles. The number of aryl methyl sites for hydroxylation is 1. The minimum atomic E-state index is -0.987. The SMILES string of the molecule is Cc1cc(C(CN)C(=O)O)ccc1F. The molecule has 0 aliphatic heterocycles. The van der Waals surface area contributed by atoms with Crippen molar-refractivity contribution in [3.05, 3.63) is 35.1 Å². The third kappa shape index (κ3) is 2.09. The van der Waals surface area contributed by atoms with E-state index in [1.54, 1.807) is 6.92 Å². The van der Waals surface area contributed by atoms with E-state index in [-0.39, 0.29) is 12.4 Å². The summed E-state index contributed by atoms with van der Waals surface area (Å²) >= 11 is 0. The van der Waals surface area contributed by atoms with Gasteiger partial charge in [-0.3, -0.25) is 4.79 Å². The van der Waals surface area contributed by atoms with Crippen LogP contribution in [0.2, 0.25) is 0 Å². The molecule has 0 heterocycles. The summed E-state index contributed by atoms with van der Waals surface area (Å²) in [5.41, 5.74) is 6.29. The van der Waals surface area contributed by atoms with E-state index in [4.69, 9.17) is 10.8 Å². The van der Waals surface area contributed by atoms with E-state index in [0.717, 1.165) is 0 Å². The van der Waals surface area contributed by atoms with Crippen LogP contribution in [0.25, 0.3) is 0 Å². The molecule has 76 valence electrons. The summed E-state index contributed by atoms with van der Waals surface area (Å²) in [6, 6.07) is 4.23. The molecule has 0 amide bonds. The number of hydrogen-bond acceptors (Lipinski definition) is 2. The first-order valence-corrected chi connectivity index (χ1v) is 4.25. The number of carbonyl (C=O) groups is 1. The Morgan fingerprint density at radius 3 is 2.71 bits per heavy atom. The number of halogens is 1. The Bertz CT molecular complexity index is 352. The highest BCUT2D eigenvalue weighted by atomic mass is 19.1. The normalized spacial score (nSPS) is 12.5. The van der Waals surface area contributed by atoms with E-state index in [0.29, 0.717) is 11.1 Å². The highest BCUT2D eigenvalue weighted by Crippen LogP contribution is 2.18. The van der Waals surface area contributed by atoms with E-state index in [1.165, 1.54) is 18.2 Å². The van der Waals surface area contributed by atoms with Crippen LogP contribution >= 0.6 is 0 Å². The highest BCUT2D eigenvalue weighted by molar-refractivity contribution is 5.76. The lowest BCUT2D eigenvalue weighted by Gasteiger charge is -2.10. The minimum absolute atomic E-state index is 0.0143. The van der Waals surface area contributed by atoms with Gasteiger partial charge in [-0.15, -0.1) is 0 Å². The highest BCUT2D eigenvalue weighted by Gasteiger charge is 2.18. The van der Waals surface area contributed by atoms with E-state index in [1.807, 2.05) is 0 Å². The number of carboxylic acid groups (broad SMARTS) is 1. The molecule has 3 N–H and O–H groups in total. The van der Waals surface area contributed by atoms with Crippen molar-refractivity contribution in [2.75, 3.05) is 6.54 Å². The Kier molecular flexibility index (Phi) is 3.19. The zero-order chi connectivity index (χ0) is 10.7. The molecule has 3 nitrogen and oxygen atoms in total. The maximum Gasteiger partial charge on any atom is 0.312 e. The molecule has 0 bridgehead atoms. The summed E-state index contributed by atoms with van der Waals surface area (Å²) in [5, 5.41) is 8.81. The molecular formula is C10H12FNO2. The first kappa shape index (κ1) is 10.7. The fourth-order valence-corrected chi connectivity index (χ4v) is 1.26. The van der Waals surface area contributed by atoms with Crippen LogP contribution < -0.4 is 5.73 Å². The summed E-state index contributed by atoms with van der Waals surface area (Å²) < 4.78 is 12.9. The number of aliphatic carboxylic acids is 1. The van der Waals surface area contributed by atoms with Gasteiger partial charge in [-0.2, -0.15) is 0 Å². The second-order valence-corrected chi connectivity index (χ2v) is 3.14. The smallest absolute Gasteiger partial charge is 0.312 e. The van der Waals surface area contributed by atoms with Gasteiger partial charge in [-0.1, -0.05) is 12.1 Å². The Morgan fingerprint density at radius 1 is 1.64 bits per heavy atom. The number of rotatable bonds is 3. The first-order valence-electron chi connectivity index (χ1n) is 4.25. The number of carboxylic acids is 1. The lowest BCUT2D eigenvalue weighted by molar-refractivity contribution is -0.138. The lowest BCUT2D eigenvalue weighted by Crippen LogP contribution is -2.21. The summed E-state index contributed by atoms with van der Waals surface area (Å²) in [6.45, 7) is 1.61. The van der Waals surface area contributed by atoms with Gasteiger partial charge in [-0.25, -0.2) is 4.39 Å². The summed E-state index contributed by atoms with van der Waals surface area (Å²) in [7, 11) is 0. The molecule has 0 spiro atoms. The van der Waals surface area contributed by atoms with Crippen LogP contribution in [0.4, 0.5) is 4.39 Å². The van der Waals surface area contributed by atoms with Crippen molar-refractivity contribution in [3.8, 4) is 0 Å². The lowest BCUT2D eigenvalue weighted by atomic mass is 9.98. The van der Waals surface area contributed by atoms with Gasteiger partial charge in [-0.05, 0) is 24.1 Å². The molecule has 4 heteroatoms. The molecule has 0 radical (unpaired) electrons. The van der Waals surface area contributed by atoms with Crippen LogP contribution in [-0.4, -0.2) is 17.6 Å². The minimum Gasteiger partial charge on any atom is -0.481 e. The average Bonchev–Trinajstić information content (AvgIpc) is 2.11. The molecular weight excluding hydrogens is 185 g/mol. The molecule has 1 aromatic rings. The van der Waals surface area contributed by atoms with Gasteiger partial charge < -0.3 is 10.8 Å². The maximum absolute atomic E-state index is 12.9.